The number of nitriles is 1. The number of ether oxygens (including phenoxy) is 3. The van der Waals surface area contributed by atoms with Crippen molar-refractivity contribution in [1.29, 1.82) is 5.26 Å². The Balaban J connectivity index is 1.89. The largest absolute Gasteiger partial charge is 0.457 e. The van der Waals surface area contributed by atoms with Crippen molar-refractivity contribution in [3.8, 4) is 17.6 Å². The molecule has 146 valence electrons. The highest BCUT2D eigenvalue weighted by atomic mass is 79.9. The van der Waals surface area contributed by atoms with Gasteiger partial charge in [0.05, 0.1) is 29.7 Å². The van der Waals surface area contributed by atoms with Gasteiger partial charge >= 0.3 is 0 Å². The summed E-state index contributed by atoms with van der Waals surface area (Å²) in [5, 5.41) is 9.04. The van der Waals surface area contributed by atoms with Crippen LogP contribution in [0.25, 0.3) is 0 Å². The molecule has 4 rings (SSSR count). The Morgan fingerprint density at radius 2 is 2.00 bits per heavy atom. The first-order valence-corrected chi connectivity index (χ1v) is 11.2. The van der Waals surface area contributed by atoms with Crippen LogP contribution in [-0.2, 0) is 25.1 Å². The molecule has 1 saturated heterocycles. The van der Waals surface area contributed by atoms with Crippen molar-refractivity contribution in [2.24, 2.45) is 0 Å². The van der Waals surface area contributed by atoms with Crippen LogP contribution >= 0.6 is 15.9 Å². The van der Waals surface area contributed by atoms with Crippen LogP contribution in [0.2, 0.25) is 0 Å². The van der Waals surface area contributed by atoms with E-state index in [1.54, 1.807) is 0 Å². The van der Waals surface area contributed by atoms with Gasteiger partial charge in [-0.15, -0.1) is 0 Å². The van der Waals surface area contributed by atoms with E-state index in [2.05, 4.69) is 15.9 Å². The maximum Gasteiger partial charge on any atom is 0.198 e. The first-order valence-electron chi connectivity index (χ1n) is 8.41. The van der Waals surface area contributed by atoms with Gasteiger partial charge in [0.25, 0.3) is 0 Å². The standard InChI is InChI=1S/C19H15BrFNO5S/c1-28(23,24)16-3-2-15(27-13-7-11(10-22)6-12(21)8-13)17-14(20)9-19(18(16)17)25-4-5-26-19/h2-3,6-8,14H,4-5,9H2,1H3. The first kappa shape index (κ1) is 19.3. The average Bonchev–Trinajstić information content (AvgIpc) is 3.19. The fraction of sp³-hybridized carbons (Fsp3) is 0.316. The number of benzene rings is 2. The fourth-order valence-electron chi connectivity index (χ4n) is 3.65. The van der Waals surface area contributed by atoms with E-state index in [1.807, 2.05) is 6.07 Å². The van der Waals surface area contributed by atoms with Crippen LogP contribution in [0.4, 0.5) is 4.39 Å². The van der Waals surface area contributed by atoms with Crippen LogP contribution in [0.1, 0.15) is 27.9 Å². The van der Waals surface area contributed by atoms with Crippen LogP contribution in [0, 0.1) is 17.1 Å². The smallest absolute Gasteiger partial charge is 0.198 e. The summed E-state index contributed by atoms with van der Waals surface area (Å²) in [6.07, 6.45) is 1.50. The van der Waals surface area contributed by atoms with Gasteiger partial charge in [-0.2, -0.15) is 5.26 Å². The summed E-state index contributed by atoms with van der Waals surface area (Å²) in [6, 6.07) is 8.51. The summed E-state index contributed by atoms with van der Waals surface area (Å²) in [6.45, 7) is 0.700. The average molecular weight is 468 g/mol. The molecule has 0 bridgehead atoms. The quantitative estimate of drug-likeness (QED) is 0.635. The third-order valence-electron chi connectivity index (χ3n) is 4.69. The monoisotopic (exact) mass is 467 g/mol. The number of alkyl halides is 1. The Bertz CT molecular complexity index is 1110. The Kier molecular flexibility index (Phi) is 4.70. The molecule has 1 heterocycles. The van der Waals surface area contributed by atoms with Crippen molar-refractivity contribution in [2.75, 3.05) is 19.5 Å². The zero-order valence-electron chi connectivity index (χ0n) is 14.7. The topological polar surface area (TPSA) is 85.6 Å². The molecule has 0 aromatic heterocycles. The molecule has 0 saturated carbocycles. The lowest BCUT2D eigenvalue weighted by molar-refractivity contribution is -0.164. The summed E-state index contributed by atoms with van der Waals surface area (Å²) >= 11 is 3.57. The highest BCUT2D eigenvalue weighted by molar-refractivity contribution is 9.09. The van der Waals surface area contributed by atoms with Crippen molar-refractivity contribution in [1.82, 2.24) is 0 Å². The Labute approximate surface area is 169 Å². The minimum atomic E-state index is -3.56. The Morgan fingerprint density at radius 1 is 1.29 bits per heavy atom. The Morgan fingerprint density at radius 3 is 2.64 bits per heavy atom. The summed E-state index contributed by atoms with van der Waals surface area (Å²) < 4.78 is 56.0. The van der Waals surface area contributed by atoms with Gasteiger partial charge in [-0.25, -0.2) is 12.8 Å². The van der Waals surface area contributed by atoms with Crippen molar-refractivity contribution in [3.05, 3.63) is 52.8 Å². The highest BCUT2D eigenvalue weighted by Crippen LogP contribution is 2.57. The van der Waals surface area contributed by atoms with Crippen LogP contribution in [0.3, 0.4) is 0 Å². The molecule has 1 atom stereocenters. The third-order valence-corrected chi connectivity index (χ3v) is 6.61. The summed E-state index contributed by atoms with van der Waals surface area (Å²) in [7, 11) is -3.56. The highest BCUT2D eigenvalue weighted by Gasteiger charge is 2.52. The van der Waals surface area contributed by atoms with Crippen molar-refractivity contribution in [2.45, 2.75) is 21.9 Å². The minimum absolute atomic E-state index is 0.107. The number of halogens is 2. The lowest BCUT2D eigenvalue weighted by atomic mass is 10.1. The van der Waals surface area contributed by atoms with E-state index in [4.69, 9.17) is 19.5 Å². The van der Waals surface area contributed by atoms with E-state index in [0.29, 0.717) is 36.5 Å². The summed E-state index contributed by atoms with van der Waals surface area (Å²) in [5.41, 5.74) is 1.10. The maximum absolute atomic E-state index is 13.8. The molecule has 9 heteroatoms. The van der Waals surface area contributed by atoms with Crippen LogP contribution in [0.15, 0.2) is 35.2 Å². The lowest BCUT2D eigenvalue weighted by Crippen LogP contribution is -2.26. The van der Waals surface area contributed by atoms with E-state index < -0.39 is 21.4 Å². The zero-order valence-corrected chi connectivity index (χ0v) is 17.1. The SMILES string of the molecule is CS(=O)(=O)c1ccc(Oc2cc(F)cc(C#N)c2)c2c1C1(CC2Br)OCCO1. The van der Waals surface area contributed by atoms with Crippen molar-refractivity contribution in [3.63, 3.8) is 0 Å². The summed E-state index contributed by atoms with van der Waals surface area (Å²) in [5.74, 6) is -1.29. The van der Waals surface area contributed by atoms with Gasteiger partial charge in [-0.3, -0.25) is 0 Å². The predicted molar refractivity (Wildman–Crippen MR) is 101 cm³/mol. The van der Waals surface area contributed by atoms with Crippen molar-refractivity contribution < 1.29 is 27.0 Å². The molecule has 2 aromatic rings. The number of hydrogen-bond donors (Lipinski definition) is 0. The van der Waals surface area contributed by atoms with Gasteiger partial charge in [0.15, 0.2) is 15.6 Å². The van der Waals surface area contributed by atoms with Gasteiger partial charge in [0, 0.05) is 34.7 Å². The van der Waals surface area contributed by atoms with Gasteiger partial charge in [0.1, 0.15) is 17.3 Å². The molecule has 0 radical (unpaired) electrons. The molecule has 1 fully saturated rings. The normalized spacial score (nSPS) is 20.1. The van der Waals surface area contributed by atoms with Crippen molar-refractivity contribution >= 4 is 25.8 Å². The van der Waals surface area contributed by atoms with Crippen LogP contribution < -0.4 is 4.74 Å². The van der Waals surface area contributed by atoms with Crippen LogP contribution in [-0.4, -0.2) is 27.9 Å². The number of sulfone groups is 1. The lowest BCUT2D eigenvalue weighted by Gasteiger charge is -2.25. The van der Waals surface area contributed by atoms with Gasteiger partial charge in [-0.1, -0.05) is 15.9 Å². The third kappa shape index (κ3) is 3.20. The molecule has 1 aliphatic heterocycles. The molecule has 2 aliphatic rings. The van der Waals surface area contributed by atoms with Gasteiger partial charge in [0.2, 0.25) is 0 Å². The number of rotatable bonds is 3. The van der Waals surface area contributed by atoms with E-state index in [0.717, 1.165) is 18.4 Å². The number of hydrogen-bond acceptors (Lipinski definition) is 6. The second-order valence-electron chi connectivity index (χ2n) is 6.63. The first-order chi connectivity index (χ1) is 13.2. The number of nitrogens with zero attached hydrogens (tertiary/aromatic N) is 1. The van der Waals surface area contributed by atoms with Gasteiger partial charge < -0.3 is 14.2 Å². The summed E-state index contributed by atoms with van der Waals surface area (Å²) in [4.78, 5) is -0.183. The van der Waals surface area contributed by atoms with E-state index in [9.17, 15) is 12.8 Å². The molecule has 0 N–H and O–H groups in total. The second kappa shape index (κ2) is 6.81. The molecule has 1 aliphatic carbocycles. The van der Waals surface area contributed by atoms with Crippen LogP contribution in [0.5, 0.6) is 11.5 Å². The molecule has 2 aromatic carbocycles. The van der Waals surface area contributed by atoms with E-state index in [-0.39, 0.29) is 21.0 Å². The molecular formula is C19H15BrFNO5S. The molecule has 1 unspecified atom stereocenters. The fourth-order valence-corrected chi connectivity index (χ4v) is 5.48. The van der Waals surface area contributed by atoms with E-state index in [1.165, 1.54) is 18.2 Å². The minimum Gasteiger partial charge on any atom is -0.457 e. The molecule has 28 heavy (non-hydrogen) atoms. The Hall–Kier alpha value is -1.99. The maximum atomic E-state index is 13.8. The zero-order chi connectivity index (χ0) is 20.1. The number of fused-ring (bicyclic) bond motifs is 2. The molecule has 6 nitrogen and oxygen atoms in total. The van der Waals surface area contributed by atoms with Gasteiger partial charge in [-0.05, 0) is 24.3 Å². The molecule has 0 amide bonds. The van der Waals surface area contributed by atoms with E-state index >= 15 is 0 Å². The predicted octanol–water partition coefficient (Wildman–Crippen LogP) is 3.93. The molecule has 1 spiro atoms. The second-order valence-corrected chi connectivity index (χ2v) is 9.72. The molecular weight excluding hydrogens is 453 g/mol.